The van der Waals surface area contributed by atoms with Crippen molar-refractivity contribution in [2.45, 2.75) is 51.1 Å². The van der Waals surface area contributed by atoms with Gasteiger partial charge < -0.3 is 15.6 Å². The Morgan fingerprint density at radius 3 is 2.49 bits per heavy atom. The molecule has 3 N–H and O–H groups in total. The third kappa shape index (κ3) is 6.21. The fourth-order valence-electron chi connectivity index (χ4n) is 4.21. The number of amides is 2. The van der Waals surface area contributed by atoms with E-state index in [0.717, 1.165) is 10.5 Å². The average molecular weight is 484 g/mol. The van der Waals surface area contributed by atoms with Gasteiger partial charge in [0.1, 0.15) is 11.8 Å². The minimum Gasteiger partial charge on any atom is -0.493 e. The molecule has 0 radical (unpaired) electrons. The Hall–Kier alpha value is -3.79. The van der Waals surface area contributed by atoms with Crippen LogP contribution in [0.3, 0.4) is 0 Å². The summed E-state index contributed by atoms with van der Waals surface area (Å²) in [6.45, 7) is 3.68. The molecule has 3 atom stereocenters. The number of benzene rings is 2. The number of carbonyl (C=O) groups excluding carboxylic acids is 2. The molecule has 1 aliphatic rings. The van der Waals surface area contributed by atoms with Crippen LogP contribution in [-0.2, 0) is 20.8 Å². The maximum absolute atomic E-state index is 13.5. The van der Waals surface area contributed by atoms with E-state index in [1.807, 2.05) is 6.07 Å². The lowest BCUT2D eigenvalue weighted by molar-refractivity contribution is -0.384. The van der Waals surface area contributed by atoms with E-state index in [1.165, 1.54) is 18.2 Å². The molecule has 1 aliphatic heterocycles. The van der Waals surface area contributed by atoms with Crippen molar-refractivity contribution in [3.05, 3.63) is 69.8 Å². The Morgan fingerprint density at radius 1 is 1.20 bits per heavy atom. The summed E-state index contributed by atoms with van der Waals surface area (Å²) in [7, 11) is 0. The van der Waals surface area contributed by atoms with Crippen LogP contribution in [0.15, 0.2) is 48.5 Å². The lowest BCUT2D eigenvalue weighted by atomic mass is 9.94. The van der Waals surface area contributed by atoms with Gasteiger partial charge in [0, 0.05) is 30.0 Å². The SMILES string of the molecule is CC(C)CC(C(=O)O)N(C(=O)CC1COc2ccc([N+](=O)[O-])cc21)C(=O)C(N)Cc1ccccc1. The smallest absolute Gasteiger partial charge is 0.326 e. The van der Waals surface area contributed by atoms with Crippen LogP contribution in [0, 0.1) is 16.0 Å². The molecule has 10 nitrogen and oxygen atoms in total. The van der Waals surface area contributed by atoms with Crippen LogP contribution in [0.4, 0.5) is 5.69 Å². The number of nitro benzene ring substituents is 1. The largest absolute Gasteiger partial charge is 0.493 e. The molecule has 1 heterocycles. The predicted molar refractivity (Wildman–Crippen MR) is 127 cm³/mol. The third-order valence-corrected chi connectivity index (χ3v) is 5.92. The van der Waals surface area contributed by atoms with Crippen LogP contribution in [0.25, 0.3) is 0 Å². The van der Waals surface area contributed by atoms with E-state index in [4.69, 9.17) is 10.5 Å². The van der Waals surface area contributed by atoms with Crippen LogP contribution in [0.5, 0.6) is 5.75 Å². The van der Waals surface area contributed by atoms with Gasteiger partial charge >= 0.3 is 5.97 Å². The highest BCUT2D eigenvalue weighted by molar-refractivity contribution is 6.01. The van der Waals surface area contributed by atoms with Crippen molar-refractivity contribution < 1.29 is 29.2 Å². The van der Waals surface area contributed by atoms with Gasteiger partial charge in [0.05, 0.1) is 17.6 Å². The number of hydrogen-bond donors (Lipinski definition) is 2. The summed E-state index contributed by atoms with van der Waals surface area (Å²) in [5, 5.41) is 21.1. The number of carboxylic acids is 1. The number of imide groups is 1. The Kier molecular flexibility index (Phi) is 8.18. The van der Waals surface area contributed by atoms with Gasteiger partial charge in [-0.1, -0.05) is 44.2 Å². The number of carbonyl (C=O) groups is 3. The Bertz CT molecular complexity index is 1100. The van der Waals surface area contributed by atoms with E-state index in [-0.39, 0.29) is 37.5 Å². The van der Waals surface area contributed by atoms with E-state index >= 15 is 0 Å². The van der Waals surface area contributed by atoms with Crippen molar-refractivity contribution in [3.63, 3.8) is 0 Å². The van der Waals surface area contributed by atoms with Crippen LogP contribution in [-0.4, -0.2) is 51.4 Å². The van der Waals surface area contributed by atoms with Crippen molar-refractivity contribution in [3.8, 4) is 5.75 Å². The van der Waals surface area contributed by atoms with Gasteiger partial charge in [-0.25, -0.2) is 4.79 Å². The predicted octanol–water partition coefficient (Wildman–Crippen LogP) is 2.89. The summed E-state index contributed by atoms with van der Waals surface area (Å²) >= 11 is 0. The van der Waals surface area contributed by atoms with Gasteiger partial charge in [0.25, 0.3) is 5.69 Å². The molecule has 0 spiro atoms. The van der Waals surface area contributed by atoms with Crippen molar-refractivity contribution in [1.82, 2.24) is 4.90 Å². The number of aliphatic carboxylic acids is 1. The first kappa shape index (κ1) is 25.8. The monoisotopic (exact) mass is 483 g/mol. The average Bonchev–Trinajstić information content (AvgIpc) is 3.20. The normalized spacial score (nSPS) is 16.2. The zero-order valence-corrected chi connectivity index (χ0v) is 19.6. The number of fused-ring (bicyclic) bond motifs is 1. The van der Waals surface area contributed by atoms with Crippen LogP contribution in [0.1, 0.15) is 43.7 Å². The summed E-state index contributed by atoms with van der Waals surface area (Å²) in [6, 6.07) is 10.6. The quantitative estimate of drug-likeness (QED) is 0.386. The summed E-state index contributed by atoms with van der Waals surface area (Å²) in [5.74, 6) is -3.03. The first-order valence-electron chi connectivity index (χ1n) is 11.4. The molecular weight excluding hydrogens is 454 g/mol. The first-order valence-corrected chi connectivity index (χ1v) is 11.4. The highest BCUT2D eigenvalue weighted by Gasteiger charge is 2.39. The molecule has 0 aliphatic carbocycles. The molecule has 2 aromatic rings. The molecule has 2 aromatic carbocycles. The van der Waals surface area contributed by atoms with Crippen molar-refractivity contribution in [2.75, 3.05) is 6.61 Å². The molecule has 2 amide bonds. The molecule has 0 saturated carbocycles. The number of nitro groups is 1. The van der Waals surface area contributed by atoms with Gasteiger partial charge in [0.2, 0.25) is 11.8 Å². The lowest BCUT2D eigenvalue weighted by Crippen LogP contribution is -2.55. The first-order chi connectivity index (χ1) is 16.6. The molecule has 35 heavy (non-hydrogen) atoms. The maximum atomic E-state index is 13.5. The van der Waals surface area contributed by atoms with Gasteiger partial charge in [-0.2, -0.15) is 0 Å². The van der Waals surface area contributed by atoms with Gasteiger partial charge in [-0.05, 0) is 30.4 Å². The zero-order valence-electron chi connectivity index (χ0n) is 19.6. The minimum atomic E-state index is -1.39. The molecule has 0 bridgehead atoms. The number of nitrogens with zero attached hydrogens (tertiary/aromatic N) is 2. The summed E-state index contributed by atoms with van der Waals surface area (Å²) < 4.78 is 5.57. The van der Waals surface area contributed by atoms with Crippen LogP contribution >= 0.6 is 0 Å². The fraction of sp³-hybridized carbons (Fsp3) is 0.400. The van der Waals surface area contributed by atoms with Crippen molar-refractivity contribution >= 4 is 23.5 Å². The van der Waals surface area contributed by atoms with Gasteiger partial charge in [-0.3, -0.25) is 24.6 Å². The van der Waals surface area contributed by atoms with E-state index in [1.54, 1.807) is 38.1 Å². The number of carboxylic acid groups (broad SMARTS) is 1. The molecule has 3 unspecified atom stereocenters. The highest BCUT2D eigenvalue weighted by atomic mass is 16.6. The van der Waals surface area contributed by atoms with Crippen molar-refractivity contribution in [1.29, 1.82) is 0 Å². The molecular formula is C25H29N3O7. The summed E-state index contributed by atoms with van der Waals surface area (Å²) in [6.07, 6.45) is -0.0486. The molecule has 0 saturated heterocycles. The maximum Gasteiger partial charge on any atom is 0.326 e. The number of ether oxygens (including phenoxy) is 1. The third-order valence-electron chi connectivity index (χ3n) is 5.92. The second kappa shape index (κ2) is 11.1. The summed E-state index contributed by atoms with van der Waals surface area (Å²) in [4.78, 5) is 50.4. The molecule has 186 valence electrons. The number of hydrogen-bond acceptors (Lipinski definition) is 7. The second-order valence-electron chi connectivity index (χ2n) is 9.07. The van der Waals surface area contributed by atoms with Crippen LogP contribution < -0.4 is 10.5 Å². The molecule has 0 aromatic heterocycles. The Balaban J connectivity index is 1.88. The Morgan fingerprint density at radius 2 is 1.89 bits per heavy atom. The summed E-state index contributed by atoms with van der Waals surface area (Å²) in [5.41, 5.74) is 7.27. The van der Waals surface area contributed by atoms with E-state index < -0.39 is 40.7 Å². The molecule has 3 rings (SSSR count). The fourth-order valence-corrected chi connectivity index (χ4v) is 4.21. The standard InChI is InChI=1S/C25H29N3O7/c1-15(2)10-21(25(31)32)27(24(30)20(26)11-16-6-4-3-5-7-16)23(29)12-17-14-35-22-9-8-18(28(33)34)13-19(17)22/h3-9,13,15,17,20-21H,10-12,14,26H2,1-2H3,(H,31,32). The number of non-ortho nitro benzene ring substituents is 1. The topological polar surface area (TPSA) is 153 Å². The molecule has 10 heteroatoms. The van der Waals surface area contributed by atoms with E-state index in [0.29, 0.717) is 11.3 Å². The van der Waals surface area contributed by atoms with Crippen LogP contribution in [0.2, 0.25) is 0 Å². The lowest BCUT2D eigenvalue weighted by Gasteiger charge is -2.31. The van der Waals surface area contributed by atoms with Crippen molar-refractivity contribution in [2.24, 2.45) is 11.7 Å². The van der Waals surface area contributed by atoms with Gasteiger partial charge in [-0.15, -0.1) is 0 Å². The zero-order chi connectivity index (χ0) is 25.7. The van der Waals surface area contributed by atoms with Gasteiger partial charge in [0.15, 0.2) is 0 Å². The van der Waals surface area contributed by atoms with E-state index in [2.05, 4.69) is 0 Å². The number of rotatable bonds is 10. The second-order valence-corrected chi connectivity index (χ2v) is 9.07. The Labute approximate surface area is 202 Å². The van der Waals surface area contributed by atoms with E-state index in [9.17, 15) is 29.6 Å². The minimum absolute atomic E-state index is 0.0636. The highest BCUT2D eigenvalue weighted by Crippen LogP contribution is 2.38. The number of nitrogens with two attached hydrogens (primary N) is 1. The molecule has 0 fully saturated rings.